The molecule has 0 atom stereocenters. The third kappa shape index (κ3) is 5.34. The van der Waals surface area contributed by atoms with E-state index in [1.54, 1.807) is 20.3 Å². The summed E-state index contributed by atoms with van der Waals surface area (Å²) in [6.45, 7) is 2.77. The molecule has 0 fully saturated rings. The van der Waals surface area contributed by atoms with Crippen molar-refractivity contribution < 1.29 is 14.3 Å². The molecule has 0 saturated carbocycles. The maximum Gasteiger partial charge on any atom is 0.271 e. The lowest BCUT2D eigenvalue weighted by atomic mass is 10.2. The largest absolute Gasteiger partial charge is 0.497 e. The summed E-state index contributed by atoms with van der Waals surface area (Å²) < 4.78 is 10.5. The molecule has 0 aliphatic heterocycles. The summed E-state index contributed by atoms with van der Waals surface area (Å²) in [7, 11) is 3.18. The van der Waals surface area contributed by atoms with E-state index in [0.29, 0.717) is 29.6 Å². The Hall–Kier alpha value is -2.83. The number of nitrogens with one attached hydrogen (secondary N) is 2. The first-order valence-electron chi connectivity index (χ1n) is 8.27. The topological polar surface area (TPSA) is 85.4 Å². The van der Waals surface area contributed by atoms with Gasteiger partial charge >= 0.3 is 0 Å². The molecule has 7 heteroatoms. The summed E-state index contributed by atoms with van der Waals surface area (Å²) in [4.78, 5) is 20.4. The number of methoxy groups -OCH3 is 2. The molecule has 134 valence electrons. The second kappa shape index (κ2) is 9.46. The summed E-state index contributed by atoms with van der Waals surface area (Å²) in [5.41, 5.74) is 1.03. The van der Waals surface area contributed by atoms with Crippen LogP contribution < -0.4 is 20.1 Å². The fraction of sp³-hybridized carbons (Fsp3) is 0.389. The molecule has 0 aliphatic rings. The zero-order chi connectivity index (χ0) is 18.1. The summed E-state index contributed by atoms with van der Waals surface area (Å²) in [5, 5.41) is 5.95. The number of carbonyl (C=O) groups is 1. The van der Waals surface area contributed by atoms with E-state index in [9.17, 15) is 4.79 Å². The highest BCUT2D eigenvalue weighted by Crippen LogP contribution is 2.30. The predicted molar refractivity (Wildman–Crippen MR) is 96.7 cm³/mol. The Kier molecular flexibility index (Phi) is 7.00. The maximum absolute atomic E-state index is 12.0. The fourth-order valence-corrected chi connectivity index (χ4v) is 2.22. The van der Waals surface area contributed by atoms with Gasteiger partial charge in [0.15, 0.2) is 0 Å². The van der Waals surface area contributed by atoms with Crippen molar-refractivity contribution >= 4 is 17.4 Å². The van der Waals surface area contributed by atoms with Crippen LogP contribution in [0.5, 0.6) is 11.5 Å². The van der Waals surface area contributed by atoms with E-state index < -0.39 is 0 Å². The van der Waals surface area contributed by atoms with Crippen molar-refractivity contribution in [1.82, 2.24) is 15.3 Å². The third-order valence-corrected chi connectivity index (χ3v) is 3.62. The highest BCUT2D eigenvalue weighted by Gasteiger charge is 2.09. The monoisotopic (exact) mass is 344 g/mol. The molecule has 0 spiro atoms. The molecule has 7 nitrogen and oxygen atoms in total. The first kappa shape index (κ1) is 18.5. The number of hydrogen-bond acceptors (Lipinski definition) is 6. The van der Waals surface area contributed by atoms with Gasteiger partial charge in [-0.1, -0.05) is 19.8 Å². The van der Waals surface area contributed by atoms with Gasteiger partial charge in [0.25, 0.3) is 5.91 Å². The van der Waals surface area contributed by atoms with Crippen molar-refractivity contribution in [3.05, 3.63) is 36.3 Å². The van der Waals surface area contributed by atoms with E-state index in [1.165, 1.54) is 12.4 Å². The van der Waals surface area contributed by atoms with Crippen LogP contribution in [0.25, 0.3) is 0 Å². The van der Waals surface area contributed by atoms with Crippen LogP contribution in [0.3, 0.4) is 0 Å². The molecule has 25 heavy (non-hydrogen) atoms. The normalized spacial score (nSPS) is 10.2. The molecule has 1 aromatic carbocycles. The van der Waals surface area contributed by atoms with Crippen LogP contribution in [-0.4, -0.2) is 36.6 Å². The molecule has 0 unspecified atom stereocenters. The minimum Gasteiger partial charge on any atom is -0.497 e. The van der Waals surface area contributed by atoms with Gasteiger partial charge in [-0.15, -0.1) is 0 Å². The Labute approximate surface area is 147 Å². The number of amides is 1. The summed E-state index contributed by atoms with van der Waals surface area (Å²) >= 11 is 0. The number of rotatable bonds is 9. The number of anilines is 2. The highest BCUT2D eigenvalue weighted by molar-refractivity contribution is 5.92. The Morgan fingerprint density at radius 2 is 1.96 bits per heavy atom. The molecule has 2 rings (SSSR count). The highest BCUT2D eigenvalue weighted by atomic mass is 16.5. The molecule has 0 saturated heterocycles. The van der Waals surface area contributed by atoms with Gasteiger partial charge in [-0.05, 0) is 18.6 Å². The molecule has 0 aliphatic carbocycles. The lowest BCUT2D eigenvalue weighted by Crippen LogP contribution is -2.25. The molecule has 2 N–H and O–H groups in total. The van der Waals surface area contributed by atoms with Gasteiger partial charge in [0.2, 0.25) is 0 Å². The average Bonchev–Trinajstić information content (AvgIpc) is 2.66. The second-order valence-electron chi connectivity index (χ2n) is 5.44. The molecule has 0 radical (unpaired) electrons. The Morgan fingerprint density at radius 1 is 1.12 bits per heavy atom. The SMILES string of the molecule is CCCCCNC(=O)c1cnc(Nc2ccc(OC)cc2OC)cn1. The summed E-state index contributed by atoms with van der Waals surface area (Å²) in [6.07, 6.45) is 6.15. The predicted octanol–water partition coefficient (Wildman–Crippen LogP) is 3.16. The van der Waals surface area contributed by atoms with E-state index in [0.717, 1.165) is 24.9 Å². The number of hydrogen-bond donors (Lipinski definition) is 2. The van der Waals surface area contributed by atoms with E-state index >= 15 is 0 Å². The van der Waals surface area contributed by atoms with E-state index in [1.807, 2.05) is 12.1 Å². The van der Waals surface area contributed by atoms with Crippen molar-refractivity contribution in [2.45, 2.75) is 26.2 Å². The number of ether oxygens (including phenoxy) is 2. The number of benzene rings is 1. The van der Waals surface area contributed by atoms with Crippen LogP contribution in [0.2, 0.25) is 0 Å². The first-order chi connectivity index (χ1) is 12.2. The zero-order valence-electron chi connectivity index (χ0n) is 14.8. The van der Waals surface area contributed by atoms with Crippen LogP contribution in [0.1, 0.15) is 36.7 Å². The van der Waals surface area contributed by atoms with Crippen molar-refractivity contribution in [3.8, 4) is 11.5 Å². The van der Waals surface area contributed by atoms with E-state index in [4.69, 9.17) is 9.47 Å². The van der Waals surface area contributed by atoms with E-state index in [-0.39, 0.29) is 5.91 Å². The Balaban J connectivity index is 1.99. The van der Waals surface area contributed by atoms with Crippen LogP contribution in [0.4, 0.5) is 11.5 Å². The average molecular weight is 344 g/mol. The minimum absolute atomic E-state index is 0.211. The molecule has 1 heterocycles. The summed E-state index contributed by atoms with van der Waals surface area (Å²) in [5.74, 6) is 1.63. The number of aromatic nitrogens is 2. The van der Waals surface area contributed by atoms with Crippen LogP contribution in [-0.2, 0) is 0 Å². The lowest BCUT2D eigenvalue weighted by molar-refractivity contribution is 0.0947. The second-order valence-corrected chi connectivity index (χ2v) is 5.44. The van der Waals surface area contributed by atoms with Gasteiger partial charge in [0.1, 0.15) is 23.0 Å². The summed E-state index contributed by atoms with van der Waals surface area (Å²) in [6, 6.07) is 5.41. The van der Waals surface area contributed by atoms with Crippen molar-refractivity contribution in [2.75, 3.05) is 26.1 Å². The van der Waals surface area contributed by atoms with Gasteiger partial charge in [-0.3, -0.25) is 4.79 Å². The third-order valence-electron chi connectivity index (χ3n) is 3.62. The van der Waals surface area contributed by atoms with Crippen molar-refractivity contribution in [2.24, 2.45) is 0 Å². The van der Waals surface area contributed by atoms with Crippen molar-refractivity contribution in [1.29, 1.82) is 0 Å². The number of unbranched alkanes of at least 4 members (excludes halogenated alkanes) is 2. The Morgan fingerprint density at radius 3 is 2.60 bits per heavy atom. The Bertz CT molecular complexity index is 689. The maximum atomic E-state index is 12.0. The quantitative estimate of drug-likeness (QED) is 0.680. The van der Waals surface area contributed by atoms with Crippen LogP contribution in [0, 0.1) is 0 Å². The molecule has 1 aromatic heterocycles. The van der Waals surface area contributed by atoms with Gasteiger partial charge in [-0.2, -0.15) is 0 Å². The van der Waals surface area contributed by atoms with Crippen LogP contribution >= 0.6 is 0 Å². The molecular weight excluding hydrogens is 320 g/mol. The van der Waals surface area contributed by atoms with Crippen molar-refractivity contribution in [3.63, 3.8) is 0 Å². The van der Waals surface area contributed by atoms with Gasteiger partial charge in [0, 0.05) is 12.6 Å². The van der Waals surface area contributed by atoms with Crippen LogP contribution in [0.15, 0.2) is 30.6 Å². The standard InChI is InChI=1S/C18H24N4O3/c1-4-5-6-9-19-18(23)15-11-21-17(12-20-15)22-14-8-7-13(24-2)10-16(14)25-3/h7-8,10-12H,4-6,9H2,1-3H3,(H,19,23)(H,21,22). The molecule has 1 amide bonds. The molecule has 0 bridgehead atoms. The smallest absolute Gasteiger partial charge is 0.271 e. The molecular formula is C18H24N4O3. The number of nitrogens with zero attached hydrogens (tertiary/aromatic N) is 2. The van der Waals surface area contributed by atoms with Gasteiger partial charge < -0.3 is 20.1 Å². The minimum atomic E-state index is -0.211. The van der Waals surface area contributed by atoms with Gasteiger partial charge in [0.05, 0.1) is 32.3 Å². The van der Waals surface area contributed by atoms with Gasteiger partial charge in [-0.25, -0.2) is 9.97 Å². The fourth-order valence-electron chi connectivity index (χ4n) is 2.22. The van der Waals surface area contributed by atoms with E-state index in [2.05, 4.69) is 27.5 Å². The zero-order valence-corrected chi connectivity index (χ0v) is 14.8. The lowest BCUT2D eigenvalue weighted by Gasteiger charge is -2.12. The number of carbonyl (C=O) groups excluding carboxylic acids is 1. The first-order valence-corrected chi connectivity index (χ1v) is 8.27. The molecule has 2 aromatic rings.